The average Bonchev–Trinajstić information content (AvgIpc) is 3.46. The molecule has 156 valence electrons. The minimum absolute atomic E-state index is 0.112. The Hall–Kier alpha value is -3.00. The molecule has 0 fully saturated rings. The van der Waals surface area contributed by atoms with Gasteiger partial charge in [0.2, 0.25) is 0 Å². The van der Waals surface area contributed by atoms with Gasteiger partial charge in [0.15, 0.2) is 11.4 Å². The van der Waals surface area contributed by atoms with Gasteiger partial charge in [-0.1, -0.05) is 13.8 Å². The molecule has 0 saturated heterocycles. The maximum Gasteiger partial charge on any atom is 0.252 e. The number of pyridine rings is 1. The van der Waals surface area contributed by atoms with Crippen LogP contribution in [0.2, 0.25) is 0 Å². The van der Waals surface area contributed by atoms with Crippen LogP contribution in [0.15, 0.2) is 40.5 Å². The summed E-state index contributed by atoms with van der Waals surface area (Å²) in [7, 11) is 0. The van der Waals surface area contributed by atoms with E-state index in [4.69, 9.17) is 9.40 Å². The lowest BCUT2D eigenvalue weighted by Crippen LogP contribution is -2.27. The van der Waals surface area contributed by atoms with Gasteiger partial charge < -0.3 is 9.73 Å². The number of carbonyl (C=O) groups is 1. The summed E-state index contributed by atoms with van der Waals surface area (Å²) >= 11 is 1.62. The van der Waals surface area contributed by atoms with Gasteiger partial charge in [0.1, 0.15) is 5.69 Å². The first-order chi connectivity index (χ1) is 14.3. The molecule has 7 nitrogen and oxygen atoms in total. The Morgan fingerprint density at radius 3 is 2.63 bits per heavy atom. The molecule has 1 atom stereocenters. The van der Waals surface area contributed by atoms with Gasteiger partial charge in [0.05, 0.1) is 40.2 Å². The fourth-order valence-corrected chi connectivity index (χ4v) is 4.18. The smallest absolute Gasteiger partial charge is 0.252 e. The number of thiazole rings is 1. The highest BCUT2D eigenvalue weighted by atomic mass is 32.1. The maximum absolute atomic E-state index is 13.3. The lowest BCUT2D eigenvalue weighted by molar-refractivity contribution is 0.0941. The lowest BCUT2D eigenvalue weighted by atomic mass is 10.1. The Morgan fingerprint density at radius 2 is 2.00 bits per heavy atom. The number of hydrogen-bond donors (Lipinski definition) is 1. The highest BCUT2D eigenvalue weighted by Gasteiger charge is 2.21. The molecule has 30 heavy (non-hydrogen) atoms. The molecule has 1 amide bonds. The Morgan fingerprint density at radius 1 is 1.20 bits per heavy atom. The van der Waals surface area contributed by atoms with Crippen molar-refractivity contribution in [1.29, 1.82) is 0 Å². The zero-order chi connectivity index (χ0) is 21.4. The van der Waals surface area contributed by atoms with Crippen LogP contribution in [0.3, 0.4) is 0 Å². The molecule has 0 radical (unpaired) electrons. The van der Waals surface area contributed by atoms with E-state index < -0.39 is 0 Å². The van der Waals surface area contributed by atoms with Crippen molar-refractivity contribution in [2.45, 2.75) is 52.6 Å². The second-order valence-electron chi connectivity index (χ2n) is 7.91. The van der Waals surface area contributed by atoms with Crippen molar-refractivity contribution >= 4 is 28.3 Å². The largest absolute Gasteiger partial charge is 0.463 e. The summed E-state index contributed by atoms with van der Waals surface area (Å²) in [5, 5.41) is 11.3. The molecule has 1 N–H and O–H groups in total. The first-order valence-electron chi connectivity index (χ1n) is 10.0. The molecule has 4 aromatic rings. The Balaban J connectivity index is 1.72. The number of furan rings is 1. The van der Waals surface area contributed by atoms with Crippen LogP contribution in [0.4, 0.5) is 0 Å². The number of hydrogen-bond acceptors (Lipinski definition) is 6. The van der Waals surface area contributed by atoms with Crippen molar-refractivity contribution in [3.05, 3.63) is 52.3 Å². The first kappa shape index (κ1) is 20.3. The zero-order valence-electron chi connectivity index (χ0n) is 17.7. The zero-order valence-corrected chi connectivity index (χ0v) is 18.5. The number of rotatable bonds is 6. The van der Waals surface area contributed by atoms with Gasteiger partial charge in [-0.15, -0.1) is 11.3 Å². The minimum atomic E-state index is -0.211. The van der Waals surface area contributed by atoms with E-state index in [1.165, 1.54) is 0 Å². The predicted octanol–water partition coefficient (Wildman–Crippen LogP) is 5.34. The van der Waals surface area contributed by atoms with Crippen LogP contribution >= 0.6 is 11.3 Å². The van der Waals surface area contributed by atoms with Crippen molar-refractivity contribution in [3.8, 4) is 11.5 Å². The van der Waals surface area contributed by atoms with Crippen LogP contribution in [-0.2, 0) is 0 Å². The van der Waals surface area contributed by atoms with E-state index >= 15 is 0 Å². The normalized spacial score (nSPS) is 12.8. The summed E-state index contributed by atoms with van der Waals surface area (Å²) in [5.74, 6) is 0.783. The van der Waals surface area contributed by atoms with E-state index in [0.29, 0.717) is 34.0 Å². The molecular formula is C22H25N5O2S. The topological polar surface area (TPSA) is 85.8 Å². The number of aromatic nitrogens is 4. The van der Waals surface area contributed by atoms with Crippen molar-refractivity contribution in [2.75, 3.05) is 0 Å². The van der Waals surface area contributed by atoms with Crippen LogP contribution < -0.4 is 5.32 Å². The van der Waals surface area contributed by atoms with E-state index in [1.54, 1.807) is 35.9 Å². The number of amides is 1. The summed E-state index contributed by atoms with van der Waals surface area (Å²) < 4.78 is 7.34. The molecule has 0 aliphatic heterocycles. The molecule has 0 spiro atoms. The Labute approximate surface area is 179 Å². The molecule has 4 heterocycles. The summed E-state index contributed by atoms with van der Waals surface area (Å²) in [6, 6.07) is 5.29. The van der Waals surface area contributed by atoms with Gasteiger partial charge >= 0.3 is 0 Å². The third-order valence-electron chi connectivity index (χ3n) is 4.90. The molecular weight excluding hydrogens is 398 g/mol. The molecule has 0 aliphatic rings. The van der Waals surface area contributed by atoms with E-state index in [0.717, 1.165) is 10.7 Å². The van der Waals surface area contributed by atoms with Crippen LogP contribution in [0.5, 0.6) is 0 Å². The number of nitrogens with one attached hydrogen (secondary N) is 1. The SMILES string of the molecule is CC(C)c1nc(C(C)NC(=O)c2cc(-c3ccco3)nc3c2cnn3C(C)C)cs1. The average molecular weight is 424 g/mol. The van der Waals surface area contributed by atoms with Crippen LogP contribution in [0, 0.1) is 0 Å². The van der Waals surface area contributed by atoms with Crippen LogP contribution in [0.1, 0.15) is 73.7 Å². The second-order valence-corrected chi connectivity index (χ2v) is 8.80. The van der Waals surface area contributed by atoms with Crippen molar-refractivity contribution in [2.24, 2.45) is 0 Å². The molecule has 0 saturated carbocycles. The summed E-state index contributed by atoms with van der Waals surface area (Å²) in [5.41, 5.74) is 2.65. The van der Waals surface area contributed by atoms with Gasteiger partial charge in [-0.3, -0.25) is 4.79 Å². The highest BCUT2D eigenvalue weighted by molar-refractivity contribution is 7.09. The monoisotopic (exact) mass is 423 g/mol. The van der Waals surface area contributed by atoms with Crippen LogP contribution in [-0.4, -0.2) is 25.7 Å². The first-order valence-corrected chi connectivity index (χ1v) is 10.9. The van der Waals surface area contributed by atoms with Crippen molar-refractivity contribution in [3.63, 3.8) is 0 Å². The summed E-state index contributed by atoms with van der Waals surface area (Å²) in [6.45, 7) is 10.2. The van der Waals surface area contributed by atoms with Gasteiger partial charge in [-0.05, 0) is 39.0 Å². The van der Waals surface area contributed by atoms with E-state index in [1.807, 2.05) is 36.9 Å². The predicted molar refractivity (Wildman–Crippen MR) is 118 cm³/mol. The Bertz CT molecular complexity index is 1170. The molecule has 0 aliphatic carbocycles. The molecule has 0 aromatic carbocycles. The lowest BCUT2D eigenvalue weighted by Gasteiger charge is -2.13. The molecule has 4 aromatic heterocycles. The maximum atomic E-state index is 13.3. The molecule has 0 bridgehead atoms. The second kappa shape index (κ2) is 8.02. The third-order valence-corrected chi connectivity index (χ3v) is 6.06. The van der Waals surface area contributed by atoms with Gasteiger partial charge in [-0.2, -0.15) is 5.10 Å². The number of nitrogens with zero attached hydrogens (tertiary/aromatic N) is 4. The fraction of sp³-hybridized carbons (Fsp3) is 0.364. The molecule has 8 heteroatoms. The van der Waals surface area contributed by atoms with Crippen molar-refractivity contribution < 1.29 is 9.21 Å². The minimum Gasteiger partial charge on any atom is -0.463 e. The summed E-state index contributed by atoms with van der Waals surface area (Å²) in [4.78, 5) is 22.6. The Kier molecular flexibility index (Phi) is 5.42. The van der Waals surface area contributed by atoms with Gasteiger partial charge in [-0.25, -0.2) is 14.6 Å². The van der Waals surface area contributed by atoms with Crippen molar-refractivity contribution in [1.82, 2.24) is 25.1 Å². The summed E-state index contributed by atoms with van der Waals surface area (Å²) in [6.07, 6.45) is 3.30. The number of fused-ring (bicyclic) bond motifs is 1. The molecule has 1 unspecified atom stereocenters. The molecule has 4 rings (SSSR count). The quantitative estimate of drug-likeness (QED) is 0.452. The van der Waals surface area contributed by atoms with Gasteiger partial charge in [0.25, 0.3) is 5.91 Å². The van der Waals surface area contributed by atoms with Crippen LogP contribution in [0.25, 0.3) is 22.5 Å². The number of carbonyl (C=O) groups excluding carboxylic acids is 1. The van der Waals surface area contributed by atoms with E-state index in [2.05, 4.69) is 29.2 Å². The fourth-order valence-electron chi connectivity index (χ4n) is 3.25. The van der Waals surface area contributed by atoms with E-state index in [-0.39, 0.29) is 18.0 Å². The standard InChI is InChI=1S/C22H25N5O2S/c1-12(2)22-26-18(11-30-22)14(5)24-21(28)15-9-17(19-7-6-8-29-19)25-20-16(15)10-23-27(20)13(3)4/h6-14H,1-5H3,(H,24,28). The van der Waals surface area contributed by atoms with Gasteiger partial charge in [0, 0.05) is 17.3 Å². The third kappa shape index (κ3) is 3.75. The highest BCUT2D eigenvalue weighted by Crippen LogP contribution is 2.28. The van der Waals surface area contributed by atoms with E-state index in [9.17, 15) is 4.79 Å².